The molecule has 0 bridgehead atoms. The molecule has 0 heterocycles. The fraction of sp³-hybridized carbons (Fsp3) is 0.312. The molecule has 2 aromatic rings. The van der Waals surface area contributed by atoms with E-state index in [9.17, 15) is 4.79 Å². The highest BCUT2D eigenvalue weighted by molar-refractivity contribution is 6.05. The van der Waals surface area contributed by atoms with Crippen LogP contribution in [0.25, 0.3) is 10.8 Å². The molecule has 0 aliphatic heterocycles. The van der Waals surface area contributed by atoms with Crippen LogP contribution < -0.4 is 0 Å². The van der Waals surface area contributed by atoms with Crippen LogP contribution in [0, 0.1) is 0 Å². The van der Waals surface area contributed by atoms with Gasteiger partial charge in [-0.1, -0.05) is 30.3 Å². The molecule has 84 valence electrons. The summed E-state index contributed by atoms with van der Waals surface area (Å²) in [6, 6.07) is 10.7. The summed E-state index contributed by atoms with van der Waals surface area (Å²) in [5, 5.41) is 2.69. The van der Waals surface area contributed by atoms with E-state index < -0.39 is 0 Å². The van der Waals surface area contributed by atoms with E-state index >= 15 is 0 Å². The third-order valence-corrected chi connectivity index (χ3v) is 4.36. The fourth-order valence-electron chi connectivity index (χ4n) is 3.56. The van der Waals surface area contributed by atoms with Crippen molar-refractivity contribution in [3.05, 3.63) is 47.0 Å². The zero-order chi connectivity index (χ0) is 11.4. The Morgan fingerprint density at radius 1 is 1.00 bits per heavy atom. The normalized spacial score (nSPS) is 21.9. The van der Waals surface area contributed by atoms with Crippen LogP contribution in [-0.2, 0) is 6.42 Å². The lowest BCUT2D eigenvalue weighted by atomic mass is 9.72. The minimum atomic E-state index is 0.342. The molecular formula is C16H14O. The van der Waals surface area contributed by atoms with E-state index in [0.717, 1.165) is 18.4 Å². The Balaban J connectivity index is 2.19. The molecule has 0 fully saturated rings. The zero-order valence-corrected chi connectivity index (χ0v) is 9.70. The first-order valence-corrected chi connectivity index (χ1v) is 6.42. The second-order valence-electron chi connectivity index (χ2n) is 5.24. The molecule has 1 unspecified atom stereocenters. The molecule has 1 atom stereocenters. The number of carbonyl (C=O) groups excluding carboxylic acids is 1. The van der Waals surface area contributed by atoms with Gasteiger partial charge in [-0.25, -0.2) is 0 Å². The van der Waals surface area contributed by atoms with Gasteiger partial charge in [-0.3, -0.25) is 4.79 Å². The second-order valence-corrected chi connectivity index (χ2v) is 5.24. The standard InChI is InChI=1S/C16H14O/c17-14-9-7-12-5-4-10-2-1-3-11-6-8-13(14)16(12)15(10)11/h1-3,6,8,12H,4-5,7,9H2. The maximum absolute atomic E-state index is 12.0. The third kappa shape index (κ3) is 1.17. The summed E-state index contributed by atoms with van der Waals surface area (Å²) in [7, 11) is 0. The highest BCUT2D eigenvalue weighted by atomic mass is 16.1. The Hall–Kier alpha value is -1.63. The second kappa shape index (κ2) is 3.19. The Morgan fingerprint density at radius 3 is 2.82 bits per heavy atom. The first-order chi connectivity index (χ1) is 8.34. The molecule has 2 aliphatic rings. The molecule has 1 heteroatoms. The number of Topliss-reactive ketones (excluding diaryl/α,β-unsaturated/α-hetero) is 1. The van der Waals surface area contributed by atoms with E-state index in [1.165, 1.54) is 34.7 Å². The molecule has 0 saturated heterocycles. The van der Waals surface area contributed by atoms with Crippen LogP contribution in [0.5, 0.6) is 0 Å². The van der Waals surface area contributed by atoms with E-state index in [-0.39, 0.29) is 0 Å². The Labute approximate surface area is 100 Å². The Kier molecular flexibility index (Phi) is 1.77. The molecule has 2 aliphatic carbocycles. The minimum Gasteiger partial charge on any atom is -0.294 e. The molecular weight excluding hydrogens is 208 g/mol. The van der Waals surface area contributed by atoms with Gasteiger partial charge in [-0.05, 0) is 47.1 Å². The number of ketones is 1. The summed E-state index contributed by atoms with van der Waals surface area (Å²) in [6.45, 7) is 0. The first-order valence-electron chi connectivity index (χ1n) is 6.42. The van der Waals surface area contributed by atoms with Crippen LogP contribution in [0.3, 0.4) is 0 Å². The van der Waals surface area contributed by atoms with Crippen molar-refractivity contribution in [3.8, 4) is 0 Å². The van der Waals surface area contributed by atoms with Gasteiger partial charge < -0.3 is 0 Å². The Morgan fingerprint density at radius 2 is 1.88 bits per heavy atom. The van der Waals surface area contributed by atoms with E-state index in [1.54, 1.807) is 0 Å². The van der Waals surface area contributed by atoms with Crippen LogP contribution in [0.2, 0.25) is 0 Å². The van der Waals surface area contributed by atoms with Crippen molar-refractivity contribution in [1.29, 1.82) is 0 Å². The lowest BCUT2D eigenvalue weighted by Gasteiger charge is -2.31. The smallest absolute Gasteiger partial charge is 0.163 e. The summed E-state index contributed by atoms with van der Waals surface area (Å²) in [4.78, 5) is 12.0. The van der Waals surface area contributed by atoms with Gasteiger partial charge in [0, 0.05) is 12.0 Å². The molecule has 4 rings (SSSR count). The lowest BCUT2D eigenvalue weighted by Crippen LogP contribution is -2.19. The number of hydrogen-bond acceptors (Lipinski definition) is 1. The average molecular weight is 222 g/mol. The van der Waals surface area contributed by atoms with E-state index in [4.69, 9.17) is 0 Å². The fourth-order valence-corrected chi connectivity index (χ4v) is 3.56. The van der Waals surface area contributed by atoms with E-state index in [1.807, 2.05) is 6.07 Å². The van der Waals surface area contributed by atoms with Crippen molar-refractivity contribution in [1.82, 2.24) is 0 Å². The third-order valence-electron chi connectivity index (χ3n) is 4.36. The lowest BCUT2D eigenvalue weighted by molar-refractivity contribution is 0.0966. The molecule has 0 amide bonds. The number of carbonyl (C=O) groups is 1. The van der Waals surface area contributed by atoms with Crippen LogP contribution >= 0.6 is 0 Å². The quantitative estimate of drug-likeness (QED) is 0.661. The van der Waals surface area contributed by atoms with Gasteiger partial charge in [0.05, 0.1) is 0 Å². The largest absolute Gasteiger partial charge is 0.294 e. The van der Waals surface area contributed by atoms with E-state index in [0.29, 0.717) is 11.7 Å². The predicted molar refractivity (Wildman–Crippen MR) is 68.6 cm³/mol. The van der Waals surface area contributed by atoms with Crippen molar-refractivity contribution in [2.24, 2.45) is 0 Å². The SMILES string of the molecule is O=C1CCC2CCc3cccc4ccc1c2c34. The highest BCUT2D eigenvalue weighted by Crippen LogP contribution is 2.43. The zero-order valence-electron chi connectivity index (χ0n) is 9.70. The van der Waals surface area contributed by atoms with Crippen molar-refractivity contribution in [3.63, 3.8) is 0 Å². The number of hydrogen-bond donors (Lipinski definition) is 0. The maximum Gasteiger partial charge on any atom is 0.163 e. The molecule has 1 nitrogen and oxygen atoms in total. The maximum atomic E-state index is 12.0. The number of benzene rings is 2. The molecule has 0 N–H and O–H groups in total. The molecule has 2 aromatic carbocycles. The number of aryl methyl sites for hydroxylation is 1. The molecule has 0 radical (unpaired) electrons. The highest BCUT2D eigenvalue weighted by Gasteiger charge is 2.30. The van der Waals surface area contributed by atoms with Gasteiger partial charge in [0.2, 0.25) is 0 Å². The van der Waals surface area contributed by atoms with Gasteiger partial charge in [-0.2, -0.15) is 0 Å². The molecule has 17 heavy (non-hydrogen) atoms. The minimum absolute atomic E-state index is 0.342. The summed E-state index contributed by atoms with van der Waals surface area (Å²) in [6.07, 6.45) is 4.19. The average Bonchev–Trinajstić information content (AvgIpc) is 2.38. The van der Waals surface area contributed by atoms with Gasteiger partial charge in [0.15, 0.2) is 5.78 Å². The predicted octanol–water partition coefficient (Wildman–Crippen LogP) is 3.85. The van der Waals surface area contributed by atoms with E-state index in [2.05, 4.69) is 24.3 Å². The molecule has 0 saturated carbocycles. The summed E-state index contributed by atoms with van der Waals surface area (Å²) >= 11 is 0. The van der Waals surface area contributed by atoms with Crippen molar-refractivity contribution in [2.75, 3.05) is 0 Å². The summed E-state index contributed by atoms with van der Waals surface area (Å²) in [5.74, 6) is 0.969. The molecule has 0 spiro atoms. The monoisotopic (exact) mass is 222 g/mol. The Bertz CT molecular complexity index is 639. The topological polar surface area (TPSA) is 17.1 Å². The van der Waals surface area contributed by atoms with Gasteiger partial charge in [0.1, 0.15) is 0 Å². The van der Waals surface area contributed by atoms with Gasteiger partial charge in [-0.15, -0.1) is 0 Å². The van der Waals surface area contributed by atoms with Crippen molar-refractivity contribution in [2.45, 2.75) is 31.6 Å². The summed E-state index contributed by atoms with van der Waals surface area (Å²) < 4.78 is 0. The summed E-state index contributed by atoms with van der Waals surface area (Å²) in [5.41, 5.74) is 3.80. The van der Waals surface area contributed by atoms with Crippen LogP contribution in [-0.4, -0.2) is 5.78 Å². The number of rotatable bonds is 0. The van der Waals surface area contributed by atoms with Crippen LogP contribution in [0.1, 0.15) is 46.7 Å². The van der Waals surface area contributed by atoms with Crippen molar-refractivity contribution >= 4 is 16.6 Å². The van der Waals surface area contributed by atoms with Gasteiger partial charge in [0.25, 0.3) is 0 Å². The van der Waals surface area contributed by atoms with Crippen LogP contribution in [0.15, 0.2) is 30.3 Å². The van der Waals surface area contributed by atoms with Gasteiger partial charge >= 0.3 is 0 Å². The molecule has 0 aromatic heterocycles. The first kappa shape index (κ1) is 9.41. The van der Waals surface area contributed by atoms with Crippen LogP contribution in [0.4, 0.5) is 0 Å². The van der Waals surface area contributed by atoms with Crippen molar-refractivity contribution < 1.29 is 4.79 Å².